The molecule has 0 spiro atoms. The molecule has 0 aliphatic carbocycles. The Labute approximate surface area is 168 Å². The number of para-hydroxylation sites is 1. The van der Waals surface area contributed by atoms with Crippen molar-refractivity contribution in [3.63, 3.8) is 0 Å². The van der Waals surface area contributed by atoms with Crippen LogP contribution in [0.1, 0.15) is 26.3 Å². The van der Waals surface area contributed by atoms with Gasteiger partial charge in [-0.1, -0.05) is 42.1 Å². The molecule has 5 nitrogen and oxygen atoms in total. The van der Waals surface area contributed by atoms with Crippen LogP contribution < -0.4 is 10.5 Å². The van der Waals surface area contributed by atoms with Gasteiger partial charge in [-0.05, 0) is 50.6 Å². The van der Waals surface area contributed by atoms with Crippen molar-refractivity contribution in [2.45, 2.75) is 44.3 Å². The molecule has 28 heavy (non-hydrogen) atoms. The Morgan fingerprint density at radius 2 is 1.75 bits per heavy atom. The van der Waals surface area contributed by atoms with Crippen molar-refractivity contribution < 1.29 is 4.39 Å². The van der Waals surface area contributed by atoms with Gasteiger partial charge in [-0.2, -0.15) is 0 Å². The molecule has 1 heterocycles. The highest BCUT2D eigenvalue weighted by atomic mass is 32.2. The second-order valence-electron chi connectivity index (χ2n) is 6.57. The molecule has 1 aromatic heterocycles. The minimum Gasteiger partial charge on any atom is -0.318 e. The fourth-order valence-electron chi connectivity index (χ4n) is 2.91. The molecule has 146 valence electrons. The molecular weight excluding hydrogens is 375 g/mol. The van der Waals surface area contributed by atoms with E-state index in [4.69, 9.17) is 0 Å². The van der Waals surface area contributed by atoms with Crippen molar-refractivity contribution >= 4 is 23.3 Å². The minimum atomic E-state index is -0.266. The number of aromatic nitrogens is 3. The van der Waals surface area contributed by atoms with Gasteiger partial charge < -0.3 is 4.90 Å². The third kappa shape index (κ3) is 4.42. The highest BCUT2D eigenvalue weighted by molar-refractivity contribution is 7.98. The first-order chi connectivity index (χ1) is 13.5. The van der Waals surface area contributed by atoms with Crippen LogP contribution >= 0.6 is 11.8 Å². The zero-order valence-corrected chi connectivity index (χ0v) is 17.0. The predicted octanol–water partition coefficient (Wildman–Crippen LogP) is 4.64. The second kappa shape index (κ2) is 9.01. The third-order valence-corrected chi connectivity index (χ3v) is 5.31. The number of thioether (sulfide) groups is 1. The molecule has 2 aromatic carbocycles. The van der Waals surface area contributed by atoms with E-state index in [1.807, 2.05) is 56.0 Å². The summed E-state index contributed by atoms with van der Waals surface area (Å²) < 4.78 is 14.7. The summed E-state index contributed by atoms with van der Waals surface area (Å²) >= 11 is 1.42. The molecule has 0 atom stereocenters. The molecule has 3 aromatic rings. The summed E-state index contributed by atoms with van der Waals surface area (Å²) in [5.41, 5.74) is 1.69. The van der Waals surface area contributed by atoms with Crippen molar-refractivity contribution in [2.75, 3.05) is 4.90 Å². The monoisotopic (exact) mass is 398 g/mol. The zero-order valence-electron chi connectivity index (χ0n) is 16.2. The second-order valence-corrected chi connectivity index (χ2v) is 7.51. The fourth-order valence-corrected chi connectivity index (χ4v) is 3.87. The fraction of sp³-hybridized carbons (Fsp3) is 0.286. The van der Waals surface area contributed by atoms with Crippen molar-refractivity contribution in [1.82, 2.24) is 14.8 Å². The zero-order chi connectivity index (χ0) is 20.1. The molecule has 3 rings (SSSR count). The Balaban J connectivity index is 1.92. The first-order valence-corrected chi connectivity index (χ1v) is 10.2. The van der Waals surface area contributed by atoms with Crippen molar-refractivity contribution in [2.24, 2.45) is 0 Å². The number of hydrogen-bond donors (Lipinski definition) is 0. The molecule has 0 aliphatic rings. The Hall–Kier alpha value is -2.67. The van der Waals surface area contributed by atoms with Gasteiger partial charge in [-0.25, -0.2) is 4.39 Å². The number of halogens is 1. The maximum Gasteiger partial charge on any atom is 0.297 e. The molecule has 0 amide bonds. The number of benzene rings is 2. The lowest BCUT2D eigenvalue weighted by molar-refractivity contribution is 0.585. The molecular formula is C21H23FN4OS. The largest absolute Gasteiger partial charge is 0.318 e. The number of anilines is 2. The Morgan fingerprint density at radius 1 is 1.07 bits per heavy atom. The van der Waals surface area contributed by atoms with E-state index in [0.29, 0.717) is 23.3 Å². The van der Waals surface area contributed by atoms with Gasteiger partial charge in [0.05, 0.1) is 0 Å². The van der Waals surface area contributed by atoms with E-state index < -0.39 is 0 Å². The summed E-state index contributed by atoms with van der Waals surface area (Å²) in [6, 6.07) is 16.1. The van der Waals surface area contributed by atoms with Crippen LogP contribution in [0.5, 0.6) is 0 Å². The predicted molar refractivity (Wildman–Crippen MR) is 112 cm³/mol. The molecule has 0 aliphatic heterocycles. The molecule has 0 N–H and O–H groups in total. The van der Waals surface area contributed by atoms with Gasteiger partial charge in [-0.15, -0.1) is 10.2 Å². The molecule has 0 bridgehead atoms. The third-order valence-electron chi connectivity index (χ3n) is 4.27. The number of hydrogen-bond acceptors (Lipinski definition) is 5. The molecule has 0 unspecified atom stereocenters. The van der Waals surface area contributed by atoms with Gasteiger partial charge in [0, 0.05) is 24.0 Å². The Bertz CT molecular complexity index is 974. The summed E-state index contributed by atoms with van der Waals surface area (Å²) in [7, 11) is 0. The van der Waals surface area contributed by atoms with Crippen molar-refractivity contribution in [1.29, 1.82) is 0 Å². The maximum absolute atomic E-state index is 13.2. The van der Waals surface area contributed by atoms with Gasteiger partial charge in [0.1, 0.15) is 5.82 Å². The van der Waals surface area contributed by atoms with Gasteiger partial charge in [0.2, 0.25) is 5.82 Å². The van der Waals surface area contributed by atoms with E-state index in [1.165, 1.54) is 23.9 Å². The Morgan fingerprint density at radius 3 is 2.36 bits per heavy atom. The summed E-state index contributed by atoms with van der Waals surface area (Å²) in [4.78, 5) is 15.1. The van der Waals surface area contributed by atoms with Gasteiger partial charge in [0.25, 0.3) is 5.56 Å². The minimum absolute atomic E-state index is 0.0485. The molecule has 0 saturated heterocycles. The standard InChI is InChI=1S/C21H23FN4OS/c1-4-25-20(27)19(26(15(2)3)18-8-6-5-7-9-18)23-24-21(25)28-14-16-10-12-17(22)13-11-16/h5-13,15H,4,14H2,1-3H3. The van der Waals surface area contributed by atoms with Crippen LogP contribution in [-0.2, 0) is 12.3 Å². The molecule has 0 radical (unpaired) electrons. The van der Waals surface area contributed by atoms with E-state index in [2.05, 4.69) is 10.2 Å². The average Bonchev–Trinajstić information content (AvgIpc) is 2.70. The van der Waals surface area contributed by atoms with Gasteiger partial charge in [0.15, 0.2) is 5.16 Å². The van der Waals surface area contributed by atoms with Gasteiger partial charge in [-0.3, -0.25) is 9.36 Å². The van der Waals surface area contributed by atoms with E-state index >= 15 is 0 Å². The van der Waals surface area contributed by atoms with E-state index in [9.17, 15) is 9.18 Å². The van der Waals surface area contributed by atoms with Crippen LogP contribution in [0.25, 0.3) is 0 Å². The van der Waals surface area contributed by atoms with Crippen molar-refractivity contribution in [3.05, 3.63) is 76.3 Å². The normalized spacial score (nSPS) is 11.0. The van der Waals surface area contributed by atoms with E-state index in [-0.39, 0.29) is 17.4 Å². The first kappa shape index (κ1) is 20.1. The summed E-state index contributed by atoms with van der Waals surface area (Å²) in [5, 5.41) is 9.16. The van der Waals surface area contributed by atoms with Crippen LogP contribution in [0, 0.1) is 5.82 Å². The number of nitrogens with zero attached hydrogens (tertiary/aromatic N) is 4. The van der Waals surface area contributed by atoms with Crippen molar-refractivity contribution in [3.8, 4) is 0 Å². The van der Waals surface area contributed by atoms with E-state index in [1.54, 1.807) is 16.7 Å². The van der Waals surface area contributed by atoms with Crippen LogP contribution in [0.15, 0.2) is 64.5 Å². The van der Waals surface area contributed by atoms with E-state index in [0.717, 1.165) is 11.3 Å². The lowest BCUT2D eigenvalue weighted by Crippen LogP contribution is -2.35. The maximum atomic E-state index is 13.2. The van der Waals surface area contributed by atoms with Crippen LogP contribution in [0.2, 0.25) is 0 Å². The lowest BCUT2D eigenvalue weighted by Gasteiger charge is -2.27. The first-order valence-electron chi connectivity index (χ1n) is 9.20. The highest BCUT2D eigenvalue weighted by Gasteiger charge is 2.21. The quantitative estimate of drug-likeness (QED) is 0.543. The highest BCUT2D eigenvalue weighted by Crippen LogP contribution is 2.25. The Kier molecular flexibility index (Phi) is 6.46. The number of rotatable bonds is 7. The molecule has 0 saturated carbocycles. The lowest BCUT2D eigenvalue weighted by atomic mass is 10.2. The molecule has 7 heteroatoms. The van der Waals surface area contributed by atoms with Gasteiger partial charge >= 0.3 is 0 Å². The van der Waals surface area contributed by atoms with Crippen LogP contribution in [0.3, 0.4) is 0 Å². The summed E-state index contributed by atoms with van der Waals surface area (Å²) in [5.74, 6) is 0.632. The molecule has 0 fully saturated rings. The summed E-state index contributed by atoms with van der Waals surface area (Å²) in [6.45, 7) is 6.44. The van der Waals surface area contributed by atoms with Crippen LogP contribution in [-0.4, -0.2) is 20.8 Å². The SMILES string of the molecule is CCn1c(SCc2ccc(F)cc2)nnc(N(c2ccccc2)C(C)C)c1=O. The van der Waals surface area contributed by atoms with Crippen LogP contribution in [0.4, 0.5) is 15.9 Å². The average molecular weight is 399 g/mol. The smallest absolute Gasteiger partial charge is 0.297 e. The summed E-state index contributed by atoms with van der Waals surface area (Å²) in [6.07, 6.45) is 0. The topological polar surface area (TPSA) is 51.0 Å².